The van der Waals surface area contributed by atoms with Crippen molar-refractivity contribution < 1.29 is 14.3 Å². The van der Waals surface area contributed by atoms with Crippen LogP contribution in [0.2, 0.25) is 0 Å². The molecule has 5 heteroatoms. The molecule has 0 aliphatic carbocycles. The van der Waals surface area contributed by atoms with Gasteiger partial charge in [0.25, 0.3) is 0 Å². The summed E-state index contributed by atoms with van der Waals surface area (Å²) in [6.07, 6.45) is 2.29. The Hall–Kier alpha value is -1.10. The van der Waals surface area contributed by atoms with Crippen molar-refractivity contribution in [2.45, 2.75) is 59.0 Å². The van der Waals surface area contributed by atoms with Crippen LogP contribution in [0.4, 0.5) is 0 Å². The average Bonchev–Trinajstić information content (AvgIpc) is 2.41. The van der Waals surface area contributed by atoms with Gasteiger partial charge in [0.05, 0.1) is 6.61 Å². The van der Waals surface area contributed by atoms with Gasteiger partial charge < -0.3 is 15.0 Å². The molecule has 1 heterocycles. The molecule has 0 aromatic heterocycles. The fourth-order valence-corrected chi connectivity index (χ4v) is 2.36. The highest BCUT2D eigenvalue weighted by atomic mass is 16.5. The van der Waals surface area contributed by atoms with Gasteiger partial charge in [0.1, 0.15) is 12.1 Å². The molecule has 1 saturated heterocycles. The van der Waals surface area contributed by atoms with E-state index in [1.54, 1.807) is 4.90 Å². The molecular weight excluding hydrogens is 256 g/mol. The number of carbonyl (C=O) groups excluding carboxylic acids is 2. The van der Waals surface area contributed by atoms with Crippen molar-refractivity contribution in [2.24, 2.45) is 5.92 Å². The Morgan fingerprint density at radius 3 is 2.45 bits per heavy atom. The molecule has 20 heavy (non-hydrogen) atoms. The van der Waals surface area contributed by atoms with Crippen molar-refractivity contribution in [3.8, 4) is 0 Å². The van der Waals surface area contributed by atoms with Gasteiger partial charge >= 0.3 is 0 Å². The lowest BCUT2D eigenvalue weighted by Gasteiger charge is -2.38. The summed E-state index contributed by atoms with van der Waals surface area (Å²) in [5, 5.41) is 2.79. The number of hydrogen-bond donors (Lipinski definition) is 1. The van der Waals surface area contributed by atoms with Crippen LogP contribution in [-0.4, -0.2) is 48.6 Å². The summed E-state index contributed by atoms with van der Waals surface area (Å²) in [7, 11) is 0. The number of carbonyl (C=O) groups is 2. The zero-order valence-corrected chi connectivity index (χ0v) is 13.1. The van der Waals surface area contributed by atoms with Crippen molar-refractivity contribution >= 4 is 11.8 Å². The number of nitrogens with zero attached hydrogens (tertiary/aromatic N) is 1. The summed E-state index contributed by atoms with van der Waals surface area (Å²) in [5.74, 6) is 0.595. The van der Waals surface area contributed by atoms with Crippen LogP contribution in [-0.2, 0) is 14.3 Å². The third-order valence-corrected chi connectivity index (χ3v) is 3.69. The Morgan fingerprint density at radius 2 is 1.90 bits per heavy atom. The van der Waals surface area contributed by atoms with Gasteiger partial charge in [0.2, 0.25) is 11.8 Å². The number of piperazine rings is 1. The highest BCUT2D eigenvalue weighted by Gasteiger charge is 2.38. The molecule has 2 unspecified atom stereocenters. The van der Waals surface area contributed by atoms with Crippen LogP contribution in [0.3, 0.4) is 0 Å². The Kier molecular flexibility index (Phi) is 6.99. The number of ether oxygens (including phenoxy) is 1. The topological polar surface area (TPSA) is 58.6 Å². The van der Waals surface area contributed by atoms with Gasteiger partial charge in [-0.2, -0.15) is 0 Å². The summed E-state index contributed by atoms with van der Waals surface area (Å²) in [4.78, 5) is 26.0. The minimum absolute atomic E-state index is 0.0198. The molecule has 2 atom stereocenters. The van der Waals surface area contributed by atoms with E-state index in [1.807, 2.05) is 13.8 Å². The fraction of sp³-hybridized carbons (Fsp3) is 0.867. The lowest BCUT2D eigenvalue weighted by atomic mass is 10.0. The van der Waals surface area contributed by atoms with Crippen LogP contribution in [0.25, 0.3) is 0 Å². The zero-order chi connectivity index (χ0) is 15.1. The van der Waals surface area contributed by atoms with E-state index >= 15 is 0 Å². The largest absolute Gasteiger partial charge is 0.380 e. The SMILES string of the molecule is CCC1NC(=O)C(CC)N(CCOCCC(C)C)C1=O. The van der Waals surface area contributed by atoms with Gasteiger partial charge in [-0.3, -0.25) is 9.59 Å². The molecule has 1 N–H and O–H groups in total. The Balaban J connectivity index is 2.49. The Bertz CT molecular complexity index is 331. The first-order valence-corrected chi connectivity index (χ1v) is 7.69. The average molecular weight is 284 g/mol. The monoisotopic (exact) mass is 284 g/mol. The molecule has 1 rings (SSSR count). The second-order valence-corrected chi connectivity index (χ2v) is 5.72. The van der Waals surface area contributed by atoms with Crippen LogP contribution < -0.4 is 5.32 Å². The molecular formula is C15H28N2O3. The maximum absolute atomic E-state index is 12.3. The van der Waals surface area contributed by atoms with Gasteiger partial charge in [0.15, 0.2) is 0 Å². The fourth-order valence-electron chi connectivity index (χ4n) is 2.36. The van der Waals surface area contributed by atoms with E-state index in [0.29, 0.717) is 38.5 Å². The smallest absolute Gasteiger partial charge is 0.245 e. The second-order valence-electron chi connectivity index (χ2n) is 5.72. The Labute approximate surface area is 122 Å². The van der Waals surface area contributed by atoms with Gasteiger partial charge in [-0.15, -0.1) is 0 Å². The molecule has 0 radical (unpaired) electrons. The molecule has 0 aromatic rings. The first kappa shape index (κ1) is 17.0. The predicted molar refractivity (Wildman–Crippen MR) is 78.3 cm³/mol. The van der Waals surface area contributed by atoms with Crippen molar-refractivity contribution in [2.75, 3.05) is 19.8 Å². The molecule has 1 fully saturated rings. The van der Waals surface area contributed by atoms with Crippen LogP contribution in [0.1, 0.15) is 47.0 Å². The summed E-state index contributed by atoms with van der Waals surface area (Å²) < 4.78 is 5.57. The molecule has 116 valence electrons. The maximum atomic E-state index is 12.3. The minimum Gasteiger partial charge on any atom is -0.380 e. The first-order valence-electron chi connectivity index (χ1n) is 7.69. The number of amides is 2. The van der Waals surface area contributed by atoms with Crippen LogP contribution in [0.5, 0.6) is 0 Å². The maximum Gasteiger partial charge on any atom is 0.245 e. The molecule has 0 saturated carbocycles. The standard InChI is InChI=1S/C15H28N2O3/c1-5-12-15(19)17(13(6-2)14(18)16-12)8-10-20-9-7-11(3)4/h11-13H,5-10H2,1-4H3,(H,16,18). The van der Waals surface area contributed by atoms with E-state index in [4.69, 9.17) is 4.74 Å². The first-order chi connectivity index (χ1) is 9.51. The minimum atomic E-state index is -0.374. The molecule has 1 aliphatic rings. The lowest BCUT2D eigenvalue weighted by Crippen LogP contribution is -2.63. The summed E-state index contributed by atoms with van der Waals surface area (Å²) in [6, 6.07) is -0.722. The molecule has 0 aromatic carbocycles. The van der Waals surface area contributed by atoms with E-state index in [9.17, 15) is 9.59 Å². The van der Waals surface area contributed by atoms with Crippen molar-refractivity contribution in [3.05, 3.63) is 0 Å². The van der Waals surface area contributed by atoms with Crippen LogP contribution in [0, 0.1) is 5.92 Å². The molecule has 2 amide bonds. The van der Waals surface area contributed by atoms with E-state index in [-0.39, 0.29) is 23.9 Å². The molecule has 0 spiro atoms. The summed E-state index contributed by atoms with van der Waals surface area (Å²) in [6.45, 7) is 9.85. The van der Waals surface area contributed by atoms with Crippen molar-refractivity contribution in [1.82, 2.24) is 10.2 Å². The summed E-state index contributed by atoms with van der Waals surface area (Å²) in [5.41, 5.74) is 0. The zero-order valence-electron chi connectivity index (χ0n) is 13.1. The van der Waals surface area contributed by atoms with Crippen LogP contribution in [0.15, 0.2) is 0 Å². The number of hydrogen-bond acceptors (Lipinski definition) is 3. The van der Waals surface area contributed by atoms with E-state index in [1.165, 1.54) is 0 Å². The predicted octanol–water partition coefficient (Wildman–Crippen LogP) is 1.56. The quantitative estimate of drug-likeness (QED) is 0.688. The molecule has 1 aliphatic heterocycles. The highest BCUT2D eigenvalue weighted by molar-refractivity contribution is 5.96. The van der Waals surface area contributed by atoms with Gasteiger partial charge in [-0.1, -0.05) is 27.7 Å². The number of nitrogens with one attached hydrogen (secondary N) is 1. The van der Waals surface area contributed by atoms with Crippen LogP contribution >= 0.6 is 0 Å². The van der Waals surface area contributed by atoms with Crippen molar-refractivity contribution in [1.29, 1.82) is 0 Å². The lowest BCUT2D eigenvalue weighted by molar-refractivity contribution is -0.150. The normalized spacial score (nSPS) is 23.4. The van der Waals surface area contributed by atoms with E-state index in [2.05, 4.69) is 19.2 Å². The third kappa shape index (κ3) is 4.47. The Morgan fingerprint density at radius 1 is 1.20 bits per heavy atom. The second kappa shape index (κ2) is 8.25. The summed E-state index contributed by atoms with van der Waals surface area (Å²) >= 11 is 0. The van der Waals surface area contributed by atoms with Gasteiger partial charge in [-0.25, -0.2) is 0 Å². The highest BCUT2D eigenvalue weighted by Crippen LogP contribution is 2.14. The molecule has 5 nitrogen and oxygen atoms in total. The third-order valence-electron chi connectivity index (χ3n) is 3.69. The van der Waals surface area contributed by atoms with Crippen molar-refractivity contribution in [3.63, 3.8) is 0 Å². The van der Waals surface area contributed by atoms with Gasteiger partial charge in [0, 0.05) is 13.2 Å². The number of rotatable bonds is 8. The van der Waals surface area contributed by atoms with E-state index in [0.717, 1.165) is 6.42 Å². The molecule has 0 bridgehead atoms. The van der Waals surface area contributed by atoms with E-state index < -0.39 is 0 Å². The van der Waals surface area contributed by atoms with Gasteiger partial charge in [-0.05, 0) is 25.2 Å².